The number of ether oxygens (including phenoxy) is 1. The molecule has 3 nitrogen and oxygen atoms in total. The molecular weight excluding hydrogens is 166 g/mol. The van der Waals surface area contributed by atoms with Crippen molar-refractivity contribution < 1.29 is 9.53 Å². The molecule has 0 radical (unpaired) electrons. The first kappa shape index (κ1) is 10.7. The molecule has 1 aliphatic heterocycles. The Morgan fingerprint density at radius 1 is 1.73 bits per heavy atom. The third-order valence-corrected chi connectivity index (χ3v) is 1.87. The molecule has 0 aromatic rings. The Kier molecular flexibility index (Phi) is 3.83. The molecule has 1 atom stereocenters. The van der Waals surface area contributed by atoms with Gasteiger partial charge in [0, 0.05) is 0 Å². The van der Waals surface area contributed by atoms with Crippen molar-refractivity contribution >= 4 is 18.4 Å². The van der Waals surface area contributed by atoms with Gasteiger partial charge in [0.25, 0.3) is 0 Å². The number of carbonyl (C=O) groups is 1. The molecule has 0 aromatic carbocycles. The average molecular weight is 180 g/mol. The summed E-state index contributed by atoms with van der Waals surface area (Å²) in [6.45, 7) is 5.08. The summed E-state index contributed by atoms with van der Waals surface area (Å²) in [5.74, 6) is -0.124. The SMILES string of the molecule is CCOC(=O)C1(C)CCN1.Cl. The number of nitrogens with one attached hydrogen (secondary N) is 1. The van der Waals surface area contributed by atoms with Crippen LogP contribution in [0.4, 0.5) is 0 Å². The molecule has 1 saturated heterocycles. The normalized spacial score (nSPS) is 28.2. The fraction of sp³-hybridized carbons (Fsp3) is 0.857. The number of hydrogen-bond acceptors (Lipinski definition) is 3. The predicted molar refractivity (Wildman–Crippen MR) is 44.9 cm³/mol. The molecule has 0 aromatic heterocycles. The lowest BCUT2D eigenvalue weighted by molar-refractivity contribution is -0.153. The highest BCUT2D eigenvalue weighted by molar-refractivity contribution is 5.85. The van der Waals surface area contributed by atoms with Crippen LogP contribution in [-0.2, 0) is 9.53 Å². The molecule has 1 fully saturated rings. The molecule has 11 heavy (non-hydrogen) atoms. The molecule has 0 aliphatic carbocycles. The summed E-state index contributed by atoms with van der Waals surface area (Å²) in [6, 6.07) is 0. The van der Waals surface area contributed by atoms with E-state index < -0.39 is 0 Å². The molecule has 4 heteroatoms. The summed E-state index contributed by atoms with van der Waals surface area (Å²) in [4.78, 5) is 11.1. The van der Waals surface area contributed by atoms with Crippen LogP contribution in [0.25, 0.3) is 0 Å². The van der Waals surface area contributed by atoms with Crippen LogP contribution in [0, 0.1) is 0 Å². The zero-order valence-electron chi connectivity index (χ0n) is 6.85. The zero-order chi connectivity index (χ0) is 7.61. The first-order chi connectivity index (χ1) is 4.69. The minimum Gasteiger partial charge on any atom is -0.465 e. The lowest BCUT2D eigenvalue weighted by Crippen LogP contribution is -2.60. The van der Waals surface area contributed by atoms with Gasteiger partial charge in [-0.3, -0.25) is 4.79 Å². The highest BCUT2D eigenvalue weighted by atomic mass is 35.5. The third kappa shape index (κ3) is 2.07. The summed E-state index contributed by atoms with van der Waals surface area (Å²) in [6.07, 6.45) is 0.895. The van der Waals surface area contributed by atoms with Crippen LogP contribution < -0.4 is 5.32 Å². The van der Waals surface area contributed by atoms with E-state index in [1.807, 2.05) is 13.8 Å². The predicted octanol–water partition coefficient (Wildman–Crippen LogP) is 0.723. The zero-order valence-corrected chi connectivity index (χ0v) is 7.66. The van der Waals surface area contributed by atoms with Crippen molar-refractivity contribution in [2.24, 2.45) is 0 Å². The molecule has 0 amide bonds. The van der Waals surface area contributed by atoms with Gasteiger partial charge in [0.2, 0.25) is 0 Å². The quantitative estimate of drug-likeness (QED) is 0.635. The van der Waals surface area contributed by atoms with E-state index >= 15 is 0 Å². The fourth-order valence-electron chi connectivity index (χ4n) is 0.965. The number of carbonyl (C=O) groups excluding carboxylic acids is 1. The van der Waals surface area contributed by atoms with Crippen molar-refractivity contribution in [3.63, 3.8) is 0 Å². The van der Waals surface area contributed by atoms with Gasteiger partial charge < -0.3 is 10.1 Å². The largest absolute Gasteiger partial charge is 0.465 e. The van der Waals surface area contributed by atoms with Gasteiger partial charge in [0.1, 0.15) is 5.54 Å². The first-order valence-electron chi connectivity index (χ1n) is 3.61. The summed E-state index contributed by atoms with van der Waals surface area (Å²) in [5, 5.41) is 3.03. The minimum absolute atomic E-state index is 0. The first-order valence-corrected chi connectivity index (χ1v) is 3.61. The molecule has 1 heterocycles. The van der Waals surface area contributed by atoms with Crippen molar-refractivity contribution in [3.05, 3.63) is 0 Å². The number of halogens is 1. The van der Waals surface area contributed by atoms with Gasteiger partial charge in [-0.1, -0.05) is 0 Å². The third-order valence-electron chi connectivity index (χ3n) is 1.87. The standard InChI is InChI=1S/C7H13NO2.ClH/c1-3-10-6(9)7(2)4-5-8-7;/h8H,3-5H2,1-2H3;1H. The average Bonchev–Trinajstić information content (AvgIpc) is 1.83. The summed E-state index contributed by atoms with van der Waals surface area (Å²) >= 11 is 0. The van der Waals surface area contributed by atoms with Crippen LogP contribution in [0.5, 0.6) is 0 Å². The van der Waals surface area contributed by atoms with Crippen molar-refractivity contribution in [2.45, 2.75) is 25.8 Å². The van der Waals surface area contributed by atoms with Gasteiger partial charge in [-0.15, -0.1) is 12.4 Å². The molecule has 1 rings (SSSR count). The maximum Gasteiger partial charge on any atom is 0.326 e. The highest BCUT2D eigenvalue weighted by Gasteiger charge is 2.40. The second-order valence-electron chi connectivity index (χ2n) is 2.73. The Hall–Kier alpha value is -0.280. The van der Waals surface area contributed by atoms with Gasteiger partial charge in [0.15, 0.2) is 0 Å². The monoisotopic (exact) mass is 179 g/mol. The summed E-state index contributed by atoms with van der Waals surface area (Å²) in [7, 11) is 0. The molecule has 1 N–H and O–H groups in total. The maximum absolute atomic E-state index is 11.1. The highest BCUT2D eigenvalue weighted by Crippen LogP contribution is 2.18. The van der Waals surface area contributed by atoms with E-state index in [-0.39, 0.29) is 23.9 Å². The van der Waals surface area contributed by atoms with E-state index in [1.165, 1.54) is 0 Å². The number of hydrogen-bond donors (Lipinski definition) is 1. The van der Waals surface area contributed by atoms with Crippen LogP contribution in [0.15, 0.2) is 0 Å². The molecule has 0 bridgehead atoms. The van der Waals surface area contributed by atoms with Gasteiger partial charge >= 0.3 is 5.97 Å². The Bertz CT molecular complexity index is 145. The second kappa shape index (κ2) is 3.93. The summed E-state index contributed by atoms with van der Waals surface area (Å²) < 4.78 is 4.85. The molecule has 1 unspecified atom stereocenters. The van der Waals surface area contributed by atoms with Crippen molar-refractivity contribution in [3.8, 4) is 0 Å². The lowest BCUT2D eigenvalue weighted by Gasteiger charge is -2.36. The Labute approximate surface area is 72.9 Å². The smallest absolute Gasteiger partial charge is 0.326 e. The van der Waals surface area contributed by atoms with Crippen molar-refractivity contribution in [1.82, 2.24) is 5.32 Å². The van der Waals surface area contributed by atoms with E-state index in [1.54, 1.807) is 0 Å². The fourth-order valence-corrected chi connectivity index (χ4v) is 0.965. The van der Waals surface area contributed by atoms with Crippen LogP contribution in [-0.4, -0.2) is 24.7 Å². The van der Waals surface area contributed by atoms with Crippen molar-refractivity contribution in [1.29, 1.82) is 0 Å². The number of esters is 1. The maximum atomic E-state index is 11.1. The van der Waals surface area contributed by atoms with Crippen LogP contribution in [0.2, 0.25) is 0 Å². The second-order valence-corrected chi connectivity index (χ2v) is 2.73. The van der Waals surface area contributed by atoms with E-state index in [4.69, 9.17) is 4.74 Å². The molecule has 66 valence electrons. The van der Waals surface area contributed by atoms with Crippen LogP contribution in [0.3, 0.4) is 0 Å². The Morgan fingerprint density at radius 2 is 2.27 bits per heavy atom. The van der Waals surface area contributed by atoms with E-state index in [0.717, 1.165) is 13.0 Å². The molecule has 0 spiro atoms. The topological polar surface area (TPSA) is 38.3 Å². The minimum atomic E-state index is -0.379. The van der Waals surface area contributed by atoms with Gasteiger partial charge in [-0.05, 0) is 26.8 Å². The van der Waals surface area contributed by atoms with Gasteiger partial charge in [-0.25, -0.2) is 0 Å². The lowest BCUT2D eigenvalue weighted by atomic mass is 9.91. The van der Waals surface area contributed by atoms with E-state index in [0.29, 0.717) is 6.61 Å². The summed E-state index contributed by atoms with van der Waals surface area (Å²) in [5.41, 5.74) is -0.379. The van der Waals surface area contributed by atoms with Gasteiger partial charge in [0.05, 0.1) is 6.61 Å². The number of rotatable bonds is 2. The Balaban J connectivity index is 0.000001000. The molecule has 0 saturated carbocycles. The molecule has 1 aliphatic rings. The molecular formula is C7H14ClNO2. The van der Waals surface area contributed by atoms with Crippen LogP contribution >= 0.6 is 12.4 Å². The van der Waals surface area contributed by atoms with E-state index in [9.17, 15) is 4.79 Å². The van der Waals surface area contributed by atoms with Gasteiger partial charge in [-0.2, -0.15) is 0 Å². The Morgan fingerprint density at radius 3 is 2.55 bits per heavy atom. The van der Waals surface area contributed by atoms with Crippen molar-refractivity contribution in [2.75, 3.05) is 13.2 Å². The van der Waals surface area contributed by atoms with Crippen LogP contribution in [0.1, 0.15) is 20.3 Å². The van der Waals surface area contributed by atoms with E-state index in [2.05, 4.69) is 5.32 Å².